The summed E-state index contributed by atoms with van der Waals surface area (Å²) >= 11 is 0. The molecule has 3 N–H and O–H groups in total. The molecule has 1 aromatic rings. The van der Waals surface area contributed by atoms with Crippen LogP contribution in [0.3, 0.4) is 0 Å². The number of nitrogens with one attached hydrogen (secondary N) is 2. The maximum atomic E-state index is 13.4. The van der Waals surface area contributed by atoms with Gasteiger partial charge in [0.1, 0.15) is 5.82 Å². The summed E-state index contributed by atoms with van der Waals surface area (Å²) in [5, 5.41) is 14.7. The molecule has 21 heavy (non-hydrogen) atoms. The summed E-state index contributed by atoms with van der Waals surface area (Å²) in [6.45, 7) is 0.186. The predicted octanol–water partition coefficient (Wildman–Crippen LogP) is 0.833. The largest absolute Gasteiger partial charge is 0.393 e. The van der Waals surface area contributed by atoms with Gasteiger partial charge in [-0.1, -0.05) is 18.6 Å². The van der Waals surface area contributed by atoms with Gasteiger partial charge < -0.3 is 15.7 Å². The highest BCUT2D eigenvalue weighted by atomic mass is 19.1. The van der Waals surface area contributed by atoms with Gasteiger partial charge in [0.05, 0.1) is 18.2 Å². The monoisotopic (exact) mass is 294 g/mol. The molecule has 0 heterocycles. The molecule has 2 atom stereocenters. The Morgan fingerprint density at radius 3 is 2.67 bits per heavy atom. The first kappa shape index (κ1) is 15.4. The second-order valence-electron chi connectivity index (χ2n) is 5.22. The minimum Gasteiger partial charge on any atom is -0.393 e. The van der Waals surface area contributed by atoms with Crippen molar-refractivity contribution in [3.8, 4) is 0 Å². The van der Waals surface area contributed by atoms with Crippen LogP contribution in [0.25, 0.3) is 0 Å². The molecule has 0 radical (unpaired) electrons. The molecule has 2 amide bonds. The Kier molecular flexibility index (Phi) is 5.27. The minimum absolute atomic E-state index is 0.0798. The average Bonchev–Trinajstić information content (AvgIpc) is 2.88. The van der Waals surface area contributed by atoms with Gasteiger partial charge in [0.2, 0.25) is 5.91 Å². The van der Waals surface area contributed by atoms with Crippen molar-refractivity contribution in [1.82, 2.24) is 10.6 Å². The number of halogens is 1. The molecule has 5 nitrogen and oxygen atoms in total. The first-order valence-corrected chi connectivity index (χ1v) is 7.05. The van der Waals surface area contributed by atoms with E-state index in [4.69, 9.17) is 0 Å². The van der Waals surface area contributed by atoms with Crippen LogP contribution in [0.15, 0.2) is 24.3 Å². The van der Waals surface area contributed by atoms with Crippen molar-refractivity contribution in [1.29, 1.82) is 0 Å². The van der Waals surface area contributed by atoms with E-state index in [2.05, 4.69) is 10.6 Å². The first-order chi connectivity index (χ1) is 10.1. The lowest BCUT2D eigenvalue weighted by Crippen LogP contribution is -2.40. The van der Waals surface area contributed by atoms with Crippen molar-refractivity contribution in [2.45, 2.75) is 25.4 Å². The number of hydrogen-bond acceptors (Lipinski definition) is 3. The lowest BCUT2D eigenvalue weighted by molar-refractivity contribution is -0.120. The molecule has 0 aliphatic heterocycles. The van der Waals surface area contributed by atoms with Crippen LogP contribution in [-0.2, 0) is 4.79 Å². The Hall–Kier alpha value is -1.95. The quantitative estimate of drug-likeness (QED) is 0.753. The number of aliphatic hydroxyl groups excluding tert-OH is 1. The van der Waals surface area contributed by atoms with E-state index in [1.165, 1.54) is 18.2 Å². The number of benzene rings is 1. The number of hydrogen-bond donors (Lipinski definition) is 3. The zero-order valence-corrected chi connectivity index (χ0v) is 11.6. The molecular formula is C15H19FN2O3. The fourth-order valence-electron chi connectivity index (χ4n) is 2.46. The molecule has 0 aromatic heterocycles. The summed E-state index contributed by atoms with van der Waals surface area (Å²) in [7, 11) is 0. The predicted molar refractivity (Wildman–Crippen MR) is 75.1 cm³/mol. The lowest BCUT2D eigenvalue weighted by atomic mass is 10.1. The van der Waals surface area contributed by atoms with Crippen molar-refractivity contribution in [2.75, 3.05) is 13.1 Å². The Bertz CT molecular complexity index is 521. The Balaban J connectivity index is 1.74. The molecule has 2 rings (SSSR count). The minimum atomic E-state index is -0.621. The molecule has 0 saturated heterocycles. The smallest absolute Gasteiger partial charge is 0.254 e. The number of rotatable bonds is 5. The summed E-state index contributed by atoms with van der Waals surface area (Å²) in [6, 6.07) is 5.60. The zero-order chi connectivity index (χ0) is 15.2. The number of aliphatic hydroxyl groups is 1. The summed E-state index contributed by atoms with van der Waals surface area (Å²) in [4.78, 5) is 23.3. The van der Waals surface area contributed by atoms with E-state index in [0.717, 1.165) is 19.3 Å². The highest BCUT2D eigenvalue weighted by Crippen LogP contribution is 2.24. The summed E-state index contributed by atoms with van der Waals surface area (Å²) in [5.74, 6) is -1.51. The third kappa shape index (κ3) is 4.26. The van der Waals surface area contributed by atoms with E-state index in [0.29, 0.717) is 6.54 Å². The van der Waals surface area contributed by atoms with Crippen molar-refractivity contribution >= 4 is 11.8 Å². The molecule has 2 unspecified atom stereocenters. The highest BCUT2D eigenvalue weighted by molar-refractivity contribution is 5.96. The zero-order valence-electron chi connectivity index (χ0n) is 11.6. The molecule has 0 bridgehead atoms. The van der Waals surface area contributed by atoms with Gasteiger partial charge in [0, 0.05) is 12.5 Å². The molecule has 1 saturated carbocycles. The first-order valence-electron chi connectivity index (χ1n) is 7.05. The van der Waals surface area contributed by atoms with Crippen LogP contribution in [0.1, 0.15) is 29.6 Å². The van der Waals surface area contributed by atoms with Crippen LogP contribution in [0.4, 0.5) is 4.39 Å². The third-order valence-electron chi connectivity index (χ3n) is 3.71. The average molecular weight is 294 g/mol. The number of carbonyl (C=O) groups is 2. The fraction of sp³-hybridized carbons (Fsp3) is 0.467. The fourth-order valence-corrected chi connectivity index (χ4v) is 2.46. The van der Waals surface area contributed by atoms with Gasteiger partial charge in [-0.25, -0.2) is 4.39 Å². The van der Waals surface area contributed by atoms with Gasteiger partial charge in [-0.2, -0.15) is 0 Å². The molecule has 1 aromatic carbocycles. The van der Waals surface area contributed by atoms with Crippen LogP contribution >= 0.6 is 0 Å². The number of amides is 2. The summed E-state index contributed by atoms with van der Waals surface area (Å²) < 4.78 is 13.4. The van der Waals surface area contributed by atoms with E-state index in [1.54, 1.807) is 6.07 Å². The van der Waals surface area contributed by atoms with Crippen LogP contribution < -0.4 is 10.6 Å². The maximum Gasteiger partial charge on any atom is 0.254 e. The van der Waals surface area contributed by atoms with Crippen molar-refractivity contribution in [3.05, 3.63) is 35.6 Å². The van der Waals surface area contributed by atoms with E-state index in [-0.39, 0.29) is 30.0 Å². The second-order valence-corrected chi connectivity index (χ2v) is 5.22. The summed E-state index contributed by atoms with van der Waals surface area (Å²) in [6.07, 6.45) is 2.26. The Labute approximate surface area is 122 Å². The van der Waals surface area contributed by atoms with E-state index < -0.39 is 11.7 Å². The van der Waals surface area contributed by atoms with Gasteiger partial charge >= 0.3 is 0 Å². The van der Waals surface area contributed by atoms with Gasteiger partial charge in [-0.15, -0.1) is 0 Å². The van der Waals surface area contributed by atoms with Crippen molar-refractivity contribution in [2.24, 2.45) is 5.92 Å². The van der Waals surface area contributed by atoms with Crippen molar-refractivity contribution in [3.63, 3.8) is 0 Å². The summed E-state index contributed by atoms with van der Waals surface area (Å²) in [5.41, 5.74) is -0.0866. The molecule has 0 spiro atoms. The van der Waals surface area contributed by atoms with Crippen LogP contribution in [0.5, 0.6) is 0 Å². The topological polar surface area (TPSA) is 78.4 Å². The standard InChI is InChI=1S/C15H19FN2O3/c16-12-6-2-1-5-11(12)15(21)18-9-14(20)17-8-10-4-3-7-13(10)19/h1-2,5-6,10,13,19H,3-4,7-9H2,(H,17,20)(H,18,21). The molecule has 1 aliphatic rings. The van der Waals surface area contributed by atoms with Gasteiger partial charge in [0.15, 0.2) is 0 Å². The normalized spacial score (nSPS) is 21.0. The Morgan fingerprint density at radius 1 is 1.24 bits per heavy atom. The van der Waals surface area contributed by atoms with Crippen LogP contribution in [0, 0.1) is 11.7 Å². The molecule has 1 aliphatic carbocycles. The molecule has 114 valence electrons. The molecular weight excluding hydrogens is 275 g/mol. The highest BCUT2D eigenvalue weighted by Gasteiger charge is 2.25. The maximum absolute atomic E-state index is 13.4. The SMILES string of the molecule is O=C(CNC(=O)c1ccccc1F)NCC1CCCC1O. The number of carbonyl (C=O) groups excluding carboxylic acids is 2. The van der Waals surface area contributed by atoms with Crippen LogP contribution in [0.2, 0.25) is 0 Å². The lowest BCUT2D eigenvalue weighted by Gasteiger charge is -2.15. The van der Waals surface area contributed by atoms with Gasteiger partial charge in [-0.05, 0) is 25.0 Å². The third-order valence-corrected chi connectivity index (χ3v) is 3.71. The van der Waals surface area contributed by atoms with E-state index >= 15 is 0 Å². The second kappa shape index (κ2) is 7.17. The van der Waals surface area contributed by atoms with E-state index in [9.17, 15) is 19.1 Å². The molecule has 6 heteroatoms. The van der Waals surface area contributed by atoms with Crippen molar-refractivity contribution < 1.29 is 19.1 Å². The van der Waals surface area contributed by atoms with Gasteiger partial charge in [0.25, 0.3) is 5.91 Å². The molecule has 1 fully saturated rings. The van der Waals surface area contributed by atoms with E-state index in [1.807, 2.05) is 0 Å². The van der Waals surface area contributed by atoms with Crippen LogP contribution in [-0.4, -0.2) is 36.1 Å². The Morgan fingerprint density at radius 2 is 2.00 bits per heavy atom. The van der Waals surface area contributed by atoms with Gasteiger partial charge in [-0.3, -0.25) is 9.59 Å².